The molecule has 3 aromatic rings. The van der Waals surface area contributed by atoms with Crippen molar-refractivity contribution >= 4 is 37.6 Å². The average molecular weight is 862 g/mol. The topological polar surface area (TPSA) is 168 Å². The minimum absolute atomic E-state index is 0.0476. The molecule has 3 aromatic carbocycles. The summed E-state index contributed by atoms with van der Waals surface area (Å²) >= 11 is 0. The third kappa shape index (κ3) is 7.52. The standard InChI is InChI=1S/C47H54N5O9Si/c1-6-62(7-2,8-3)61-31(5)41-43-30(4)35(44(49(43)46(41)55)47(56)60-34-17-15-33(16-18-34)50(57)58)12-10-26-59-39-13-9-11-37-42(39)36-19-14-32(27-38(36)45(37)54)28-51-20-23-52(24-21-51,25-22-51)29-40(48)53/h9,11,13-19,27,30-31,41,43H,6-8,20-26,28-29H2,1-5H3,(H-,48,53)/q+1/p+1/t30-,31+,41+,43+,51?,52?/m0/s1. The van der Waals surface area contributed by atoms with Gasteiger partial charge in [0.1, 0.15) is 69.6 Å². The van der Waals surface area contributed by atoms with Gasteiger partial charge in [-0.2, -0.15) is 0 Å². The first-order chi connectivity index (χ1) is 29.7. The van der Waals surface area contributed by atoms with Crippen molar-refractivity contribution in [3.63, 3.8) is 0 Å². The van der Waals surface area contributed by atoms with E-state index < -0.39 is 25.1 Å². The molecule has 5 heterocycles. The Morgan fingerprint density at radius 2 is 1.60 bits per heavy atom. The van der Waals surface area contributed by atoms with Crippen LogP contribution in [0.15, 0.2) is 71.9 Å². The number of fused-ring (bicyclic) bond motifs is 7. The summed E-state index contributed by atoms with van der Waals surface area (Å²) in [5.74, 6) is 4.76. The number of non-ortho nitro benzene ring substituents is 1. The minimum Gasteiger partial charge on any atom is -0.480 e. The van der Waals surface area contributed by atoms with Crippen LogP contribution in [0.4, 0.5) is 5.69 Å². The zero-order valence-corrected chi connectivity index (χ0v) is 37.1. The monoisotopic (exact) mass is 861 g/mol. The van der Waals surface area contributed by atoms with Crippen LogP contribution in [-0.4, -0.2) is 115 Å². The highest BCUT2D eigenvalue weighted by Crippen LogP contribution is 2.49. The van der Waals surface area contributed by atoms with Crippen LogP contribution in [-0.2, 0) is 25.4 Å². The van der Waals surface area contributed by atoms with Crippen molar-refractivity contribution in [2.24, 2.45) is 17.6 Å². The molecule has 62 heavy (non-hydrogen) atoms. The van der Waals surface area contributed by atoms with E-state index in [2.05, 4.69) is 38.7 Å². The Morgan fingerprint density at radius 3 is 2.23 bits per heavy atom. The Morgan fingerprint density at radius 1 is 0.935 bits per heavy atom. The largest absolute Gasteiger partial charge is 0.480 e. The second-order valence-electron chi connectivity index (χ2n) is 17.8. The van der Waals surface area contributed by atoms with Crippen LogP contribution in [0.25, 0.3) is 11.1 Å². The van der Waals surface area contributed by atoms with Crippen molar-refractivity contribution in [3.05, 3.63) is 98.7 Å². The summed E-state index contributed by atoms with van der Waals surface area (Å²) in [5.41, 5.74) is 9.76. The number of carbonyl (C=O) groups excluding carboxylic acids is 4. The molecule has 0 radical (unpaired) electrons. The number of hydrogen-bond donors (Lipinski definition) is 1. The number of ketones is 1. The summed E-state index contributed by atoms with van der Waals surface area (Å²) in [6.07, 6.45) is -0.357. The summed E-state index contributed by atoms with van der Waals surface area (Å²) in [6.45, 7) is 17.2. The number of esters is 1. The van der Waals surface area contributed by atoms with Gasteiger partial charge in [-0.15, -0.1) is 0 Å². The van der Waals surface area contributed by atoms with Crippen LogP contribution in [0.3, 0.4) is 0 Å². The molecule has 0 spiro atoms. The predicted molar refractivity (Wildman–Crippen MR) is 233 cm³/mol. The lowest BCUT2D eigenvalue weighted by molar-refractivity contribution is -1.08. The van der Waals surface area contributed by atoms with Gasteiger partial charge in [0.2, 0.25) is 5.91 Å². The molecule has 2 amide bonds. The minimum atomic E-state index is -2.06. The molecule has 9 rings (SSSR count). The molecule has 5 aliphatic heterocycles. The lowest BCUT2D eigenvalue weighted by Gasteiger charge is -2.55. The van der Waals surface area contributed by atoms with Crippen LogP contribution in [0.1, 0.15) is 56.1 Å². The smallest absolute Gasteiger partial charge is 0.361 e. The molecule has 1 aliphatic carbocycles. The van der Waals surface area contributed by atoms with Crippen LogP contribution in [0.5, 0.6) is 11.5 Å². The number of nitro benzene ring substituents is 1. The number of primary amides is 1. The second kappa shape index (κ2) is 16.6. The van der Waals surface area contributed by atoms with Gasteiger partial charge in [0.15, 0.2) is 20.6 Å². The third-order valence-corrected chi connectivity index (χ3v) is 19.3. The fourth-order valence-electron chi connectivity index (χ4n) is 10.7. The maximum absolute atomic E-state index is 14.0. The first-order valence-electron chi connectivity index (χ1n) is 21.8. The van der Waals surface area contributed by atoms with E-state index in [1.54, 1.807) is 6.07 Å². The second-order valence-corrected chi connectivity index (χ2v) is 22.5. The van der Waals surface area contributed by atoms with E-state index >= 15 is 0 Å². The molecule has 324 valence electrons. The Labute approximate surface area is 363 Å². The maximum Gasteiger partial charge on any atom is 0.361 e. The molecule has 2 bridgehead atoms. The number of hydrogen-bond acceptors (Lipinski definition) is 9. The van der Waals surface area contributed by atoms with Gasteiger partial charge < -0.3 is 33.5 Å². The summed E-state index contributed by atoms with van der Waals surface area (Å²) in [7, 11) is -2.06. The molecular formula is C47H55N5O9Si+2. The van der Waals surface area contributed by atoms with E-state index in [0.29, 0.717) is 29.0 Å². The van der Waals surface area contributed by atoms with Gasteiger partial charge >= 0.3 is 5.97 Å². The van der Waals surface area contributed by atoms with E-state index in [1.807, 2.05) is 38.1 Å². The maximum atomic E-state index is 14.0. The van der Waals surface area contributed by atoms with Crippen molar-refractivity contribution in [2.45, 2.75) is 71.4 Å². The first-order valence-corrected chi connectivity index (χ1v) is 24.3. The number of benzene rings is 3. The van der Waals surface area contributed by atoms with E-state index in [4.69, 9.17) is 19.6 Å². The number of piperazine rings is 3. The highest BCUT2D eigenvalue weighted by molar-refractivity contribution is 6.73. The van der Waals surface area contributed by atoms with E-state index in [1.165, 1.54) is 29.2 Å². The normalized spacial score (nSPS) is 25.0. The SMILES string of the molecule is CC[Si](CC)(CC)O[C@H](C)[C@H]1C(=O)N2C(C(=O)Oc3ccc([N+](=O)[O-])cc3)=C(C#CCOc3cccc4c3-c3ccc(C[N+]56CC[N+](CC(N)=O)(CC5)CC6)cc3C4=O)[C@H](C)[C@H]12. The van der Waals surface area contributed by atoms with Crippen molar-refractivity contribution < 1.29 is 47.0 Å². The van der Waals surface area contributed by atoms with Gasteiger partial charge in [-0.3, -0.25) is 24.5 Å². The molecule has 15 heteroatoms. The molecule has 4 atom stereocenters. The van der Waals surface area contributed by atoms with Crippen molar-refractivity contribution in [1.82, 2.24) is 4.90 Å². The van der Waals surface area contributed by atoms with Crippen molar-refractivity contribution in [3.8, 4) is 34.5 Å². The Bertz CT molecular complexity index is 2420. The first kappa shape index (κ1) is 43.0. The Balaban J connectivity index is 1.02. The molecule has 2 N–H and O–H groups in total. The summed E-state index contributed by atoms with van der Waals surface area (Å²) in [5, 5.41) is 11.2. The van der Waals surface area contributed by atoms with E-state index in [-0.39, 0.29) is 59.4 Å². The predicted octanol–water partition coefficient (Wildman–Crippen LogP) is 5.58. The summed E-state index contributed by atoms with van der Waals surface area (Å²) in [6, 6.07) is 19.2. The lowest BCUT2D eigenvalue weighted by Crippen LogP contribution is -2.75. The van der Waals surface area contributed by atoms with Crippen LogP contribution < -0.4 is 15.2 Å². The fraction of sp³-hybridized carbons (Fsp3) is 0.447. The number of nitrogens with two attached hydrogens (primary N) is 1. The number of rotatable bonds is 15. The van der Waals surface area contributed by atoms with Gasteiger partial charge in [-0.25, -0.2) is 4.79 Å². The quantitative estimate of drug-likeness (QED) is 0.0235. The molecular weight excluding hydrogens is 807 g/mol. The van der Waals surface area contributed by atoms with Gasteiger partial charge in [-0.05, 0) is 54.9 Å². The third-order valence-electron chi connectivity index (χ3n) is 14.5. The summed E-state index contributed by atoms with van der Waals surface area (Å²) < 4.78 is 20.5. The lowest BCUT2D eigenvalue weighted by atomic mass is 9.78. The van der Waals surface area contributed by atoms with Gasteiger partial charge in [0.05, 0.1) is 23.0 Å². The molecule has 0 unspecified atom stereocenters. The number of nitro groups is 1. The summed E-state index contributed by atoms with van der Waals surface area (Å²) in [4.78, 5) is 65.7. The van der Waals surface area contributed by atoms with E-state index in [9.17, 15) is 29.3 Å². The number of quaternary nitrogens is 2. The molecule has 4 saturated heterocycles. The zero-order valence-electron chi connectivity index (χ0n) is 36.1. The highest BCUT2D eigenvalue weighted by atomic mass is 28.4. The Hall–Kier alpha value is -5.66. The van der Waals surface area contributed by atoms with Crippen LogP contribution in [0.2, 0.25) is 18.1 Å². The molecule has 14 nitrogen and oxygen atoms in total. The number of carbonyl (C=O) groups is 4. The molecule has 0 saturated carbocycles. The van der Waals surface area contributed by atoms with Crippen molar-refractivity contribution in [2.75, 3.05) is 52.4 Å². The van der Waals surface area contributed by atoms with Gasteiger partial charge in [0.25, 0.3) is 11.6 Å². The number of β-lactam (4-membered cyclic amide) rings is 1. The number of nitrogens with zero attached hydrogens (tertiary/aromatic N) is 4. The average Bonchev–Trinajstić information content (AvgIpc) is 3.69. The van der Waals surface area contributed by atoms with Crippen LogP contribution >= 0.6 is 0 Å². The molecule has 6 aliphatic rings. The van der Waals surface area contributed by atoms with E-state index in [0.717, 1.165) is 89.6 Å². The Kier molecular flexibility index (Phi) is 11.5. The van der Waals surface area contributed by atoms with Gasteiger partial charge in [-0.1, -0.05) is 63.8 Å². The van der Waals surface area contributed by atoms with Gasteiger partial charge in [0, 0.05) is 45.9 Å². The molecule has 4 fully saturated rings. The molecule has 0 aromatic heterocycles. The zero-order chi connectivity index (χ0) is 44.1. The number of amides is 2. The van der Waals surface area contributed by atoms with Crippen molar-refractivity contribution in [1.29, 1.82) is 0 Å². The van der Waals surface area contributed by atoms with Crippen LogP contribution in [0, 0.1) is 33.8 Å². The fourth-order valence-corrected chi connectivity index (χ4v) is 13.6. The highest BCUT2D eigenvalue weighted by Gasteiger charge is 2.61. The number of ether oxygens (including phenoxy) is 2.